The number of hydrogen-bond donors (Lipinski definition) is 1. The number of rotatable bonds is 7. The number of amides is 1. The third-order valence-corrected chi connectivity index (χ3v) is 6.97. The first-order valence-electron chi connectivity index (χ1n) is 10.2. The Kier molecular flexibility index (Phi) is 7.64. The molecular weight excluding hydrogens is 420 g/mol. The van der Waals surface area contributed by atoms with Crippen molar-refractivity contribution in [1.82, 2.24) is 4.31 Å². The maximum atomic E-state index is 13.1. The Labute approximate surface area is 181 Å². The number of aryl methyl sites for hydroxylation is 1. The van der Waals surface area contributed by atoms with Crippen molar-refractivity contribution >= 4 is 33.7 Å². The molecule has 0 radical (unpaired) electrons. The van der Waals surface area contributed by atoms with Gasteiger partial charge in [-0.15, -0.1) is 0 Å². The topological polar surface area (TPSA) is 106 Å². The molecule has 0 bridgehead atoms. The molecule has 1 fully saturated rings. The highest BCUT2D eigenvalue weighted by molar-refractivity contribution is 7.89. The number of nitrogens with zero attached hydrogens (tertiary/aromatic N) is 1. The van der Waals surface area contributed by atoms with Gasteiger partial charge in [-0.1, -0.05) is 18.9 Å². The van der Waals surface area contributed by atoms with Crippen molar-refractivity contribution in [3.8, 4) is 0 Å². The van der Waals surface area contributed by atoms with Crippen LogP contribution in [0.4, 0.5) is 5.69 Å². The lowest BCUT2D eigenvalue weighted by atomic mass is 10.2. The SMILES string of the molecule is Cc1ccc(NC(=O)COC(=O)/C=C/c2ccco2)cc1S(=O)(=O)N1CCCCCC1. The van der Waals surface area contributed by atoms with Crippen molar-refractivity contribution in [3.05, 3.63) is 54.0 Å². The Morgan fingerprint density at radius 2 is 1.90 bits per heavy atom. The van der Waals surface area contributed by atoms with Gasteiger partial charge in [-0.3, -0.25) is 4.79 Å². The van der Waals surface area contributed by atoms with E-state index in [0.29, 0.717) is 30.1 Å². The number of sulfonamides is 1. The molecule has 1 aliphatic rings. The van der Waals surface area contributed by atoms with Gasteiger partial charge in [-0.25, -0.2) is 13.2 Å². The molecule has 2 aromatic rings. The molecule has 31 heavy (non-hydrogen) atoms. The summed E-state index contributed by atoms with van der Waals surface area (Å²) in [6, 6.07) is 8.07. The van der Waals surface area contributed by atoms with E-state index in [2.05, 4.69) is 5.32 Å². The van der Waals surface area contributed by atoms with Gasteiger partial charge >= 0.3 is 5.97 Å². The molecule has 3 rings (SSSR count). The van der Waals surface area contributed by atoms with Crippen LogP contribution < -0.4 is 5.32 Å². The van der Waals surface area contributed by atoms with Gasteiger partial charge in [0.25, 0.3) is 5.91 Å². The fraction of sp³-hybridized carbons (Fsp3) is 0.364. The second kappa shape index (κ2) is 10.4. The Morgan fingerprint density at radius 1 is 1.16 bits per heavy atom. The third-order valence-electron chi connectivity index (χ3n) is 4.93. The average Bonchev–Trinajstić information content (AvgIpc) is 3.11. The summed E-state index contributed by atoms with van der Waals surface area (Å²) in [5.41, 5.74) is 0.933. The number of benzene rings is 1. The van der Waals surface area contributed by atoms with Crippen LogP contribution in [0.3, 0.4) is 0 Å². The lowest BCUT2D eigenvalue weighted by molar-refractivity contribution is -0.142. The maximum absolute atomic E-state index is 13.1. The molecule has 1 amide bonds. The first-order valence-corrected chi connectivity index (χ1v) is 11.6. The minimum Gasteiger partial charge on any atom is -0.465 e. The summed E-state index contributed by atoms with van der Waals surface area (Å²) in [6.45, 7) is 2.23. The van der Waals surface area contributed by atoms with Gasteiger partial charge in [0.05, 0.1) is 11.2 Å². The normalized spacial score (nSPS) is 15.5. The summed E-state index contributed by atoms with van der Waals surface area (Å²) >= 11 is 0. The molecule has 0 aliphatic carbocycles. The van der Waals surface area contributed by atoms with Crippen LogP contribution in [0.5, 0.6) is 0 Å². The fourth-order valence-electron chi connectivity index (χ4n) is 3.29. The molecule has 2 heterocycles. The Bertz CT molecular complexity index is 1040. The van der Waals surface area contributed by atoms with Gasteiger partial charge in [-0.05, 0) is 55.7 Å². The lowest BCUT2D eigenvalue weighted by Gasteiger charge is -2.21. The van der Waals surface area contributed by atoms with Crippen molar-refractivity contribution in [2.75, 3.05) is 25.0 Å². The van der Waals surface area contributed by atoms with Gasteiger partial charge in [0.1, 0.15) is 5.76 Å². The fourth-order valence-corrected chi connectivity index (χ4v) is 5.06. The summed E-state index contributed by atoms with van der Waals surface area (Å²) in [5, 5.41) is 2.58. The number of carbonyl (C=O) groups is 2. The first kappa shape index (κ1) is 22.8. The molecule has 1 saturated heterocycles. The van der Waals surface area contributed by atoms with Crippen LogP contribution in [0.2, 0.25) is 0 Å². The average molecular weight is 447 g/mol. The van der Waals surface area contributed by atoms with Crippen LogP contribution in [0.25, 0.3) is 6.08 Å². The molecule has 1 N–H and O–H groups in total. The molecule has 0 spiro atoms. The molecule has 1 aromatic carbocycles. The summed E-state index contributed by atoms with van der Waals surface area (Å²) in [4.78, 5) is 24.0. The number of esters is 1. The Morgan fingerprint density at radius 3 is 2.58 bits per heavy atom. The van der Waals surface area contributed by atoms with Crippen molar-refractivity contribution in [2.24, 2.45) is 0 Å². The minimum atomic E-state index is -3.65. The van der Waals surface area contributed by atoms with E-state index in [1.54, 1.807) is 31.2 Å². The lowest BCUT2D eigenvalue weighted by Crippen LogP contribution is -2.32. The summed E-state index contributed by atoms with van der Waals surface area (Å²) < 4.78 is 37.7. The zero-order valence-electron chi connectivity index (χ0n) is 17.4. The number of carbonyl (C=O) groups excluding carboxylic acids is 2. The van der Waals surface area contributed by atoms with E-state index >= 15 is 0 Å². The van der Waals surface area contributed by atoms with Gasteiger partial charge in [0, 0.05) is 24.9 Å². The second-order valence-electron chi connectivity index (χ2n) is 7.30. The molecule has 0 atom stereocenters. The third kappa shape index (κ3) is 6.28. The monoisotopic (exact) mass is 446 g/mol. The molecule has 0 saturated carbocycles. The number of furan rings is 1. The summed E-state index contributed by atoms with van der Waals surface area (Å²) in [5.74, 6) is -0.777. The number of hydrogen-bond acceptors (Lipinski definition) is 6. The van der Waals surface area contributed by atoms with Crippen LogP contribution >= 0.6 is 0 Å². The van der Waals surface area contributed by atoms with Gasteiger partial charge in [-0.2, -0.15) is 4.31 Å². The largest absolute Gasteiger partial charge is 0.465 e. The van der Waals surface area contributed by atoms with Gasteiger partial charge in [0.15, 0.2) is 6.61 Å². The van der Waals surface area contributed by atoms with Crippen LogP contribution in [0, 0.1) is 6.92 Å². The van der Waals surface area contributed by atoms with Crippen LogP contribution in [0.15, 0.2) is 52.0 Å². The van der Waals surface area contributed by atoms with E-state index in [9.17, 15) is 18.0 Å². The zero-order valence-corrected chi connectivity index (χ0v) is 18.2. The highest BCUT2D eigenvalue weighted by Gasteiger charge is 2.27. The quantitative estimate of drug-likeness (QED) is 0.516. The van der Waals surface area contributed by atoms with E-state index in [1.807, 2.05) is 0 Å². The highest BCUT2D eigenvalue weighted by Crippen LogP contribution is 2.25. The summed E-state index contributed by atoms with van der Waals surface area (Å²) in [6.07, 6.45) is 7.79. The Balaban J connectivity index is 1.61. The van der Waals surface area contributed by atoms with Crippen molar-refractivity contribution in [2.45, 2.75) is 37.5 Å². The standard InChI is InChI=1S/C22H26N2O6S/c1-17-8-9-18(15-20(17)31(27,28)24-12-4-2-3-5-13-24)23-21(25)16-30-22(26)11-10-19-7-6-14-29-19/h6-11,14-15H,2-5,12-13,16H2,1H3,(H,23,25)/b11-10+. The van der Waals surface area contributed by atoms with Crippen molar-refractivity contribution < 1.29 is 27.2 Å². The van der Waals surface area contributed by atoms with E-state index in [1.165, 1.54) is 22.7 Å². The zero-order chi connectivity index (χ0) is 22.3. The van der Waals surface area contributed by atoms with E-state index in [4.69, 9.17) is 9.15 Å². The molecule has 9 heteroatoms. The molecule has 1 aromatic heterocycles. The van der Waals surface area contributed by atoms with Crippen molar-refractivity contribution in [3.63, 3.8) is 0 Å². The number of nitrogens with one attached hydrogen (secondary N) is 1. The predicted molar refractivity (Wildman–Crippen MR) is 116 cm³/mol. The number of ether oxygens (including phenoxy) is 1. The molecule has 166 valence electrons. The number of anilines is 1. The predicted octanol–water partition coefficient (Wildman–Crippen LogP) is 3.35. The van der Waals surface area contributed by atoms with E-state index < -0.39 is 28.5 Å². The molecule has 1 aliphatic heterocycles. The molecule has 8 nitrogen and oxygen atoms in total. The smallest absolute Gasteiger partial charge is 0.331 e. The summed E-state index contributed by atoms with van der Waals surface area (Å²) in [7, 11) is -3.65. The van der Waals surface area contributed by atoms with Gasteiger partial charge in [0.2, 0.25) is 10.0 Å². The van der Waals surface area contributed by atoms with Crippen LogP contribution in [-0.2, 0) is 24.3 Å². The van der Waals surface area contributed by atoms with Crippen LogP contribution in [-0.4, -0.2) is 44.3 Å². The van der Waals surface area contributed by atoms with Gasteiger partial charge < -0.3 is 14.5 Å². The second-order valence-corrected chi connectivity index (χ2v) is 9.21. The van der Waals surface area contributed by atoms with Crippen molar-refractivity contribution in [1.29, 1.82) is 0 Å². The van der Waals surface area contributed by atoms with E-state index in [-0.39, 0.29) is 4.90 Å². The maximum Gasteiger partial charge on any atom is 0.331 e. The Hall–Kier alpha value is -2.91. The highest BCUT2D eigenvalue weighted by atomic mass is 32.2. The first-order chi connectivity index (χ1) is 14.9. The minimum absolute atomic E-state index is 0.172. The van der Waals surface area contributed by atoms with E-state index in [0.717, 1.165) is 31.8 Å². The molecule has 0 unspecified atom stereocenters. The molecular formula is C22H26N2O6S. The van der Waals surface area contributed by atoms with Crippen LogP contribution in [0.1, 0.15) is 37.0 Å².